The van der Waals surface area contributed by atoms with E-state index in [1.54, 1.807) is 48.0 Å². The zero-order valence-corrected chi connectivity index (χ0v) is 15.2. The van der Waals surface area contributed by atoms with Crippen molar-refractivity contribution in [1.82, 2.24) is 9.78 Å². The van der Waals surface area contributed by atoms with Crippen LogP contribution in [0.25, 0.3) is 0 Å². The smallest absolute Gasteiger partial charge is 0.246 e. The van der Waals surface area contributed by atoms with Gasteiger partial charge in [-0.15, -0.1) is 0 Å². The van der Waals surface area contributed by atoms with Gasteiger partial charge in [0.25, 0.3) is 0 Å². The summed E-state index contributed by atoms with van der Waals surface area (Å²) in [6, 6.07) is 15.9. The van der Waals surface area contributed by atoms with Gasteiger partial charge in [0.1, 0.15) is 6.54 Å². The molecule has 6 heteroatoms. The van der Waals surface area contributed by atoms with Crippen molar-refractivity contribution in [2.24, 2.45) is 0 Å². The number of anilines is 1. The molecular weight excluding hydrogens is 350 g/mol. The van der Waals surface area contributed by atoms with Crippen LogP contribution in [-0.4, -0.2) is 21.5 Å². The third-order valence-electron chi connectivity index (χ3n) is 4.03. The number of hydrogen-bond acceptors (Lipinski definition) is 3. The van der Waals surface area contributed by atoms with Crippen LogP contribution in [0.1, 0.15) is 27.3 Å². The van der Waals surface area contributed by atoms with Crippen LogP contribution in [0.15, 0.2) is 54.6 Å². The molecule has 0 saturated carbocycles. The molecule has 0 unspecified atom stereocenters. The Hall–Kier alpha value is -2.92. The molecule has 0 bridgehead atoms. The number of hydrogen-bond donors (Lipinski definition) is 1. The van der Waals surface area contributed by atoms with Gasteiger partial charge in [-0.2, -0.15) is 5.10 Å². The summed E-state index contributed by atoms with van der Waals surface area (Å²) < 4.78 is 1.56. The minimum Gasteiger partial charge on any atom is -0.324 e. The van der Waals surface area contributed by atoms with Crippen molar-refractivity contribution in [2.75, 3.05) is 5.32 Å². The van der Waals surface area contributed by atoms with E-state index in [4.69, 9.17) is 11.6 Å². The third kappa shape index (κ3) is 3.83. The number of rotatable bonds is 5. The van der Waals surface area contributed by atoms with Crippen molar-refractivity contribution in [3.05, 3.63) is 82.1 Å². The number of halogens is 1. The summed E-state index contributed by atoms with van der Waals surface area (Å²) >= 11 is 6.10. The average molecular weight is 368 g/mol. The lowest BCUT2D eigenvalue weighted by molar-refractivity contribution is -0.116. The van der Waals surface area contributed by atoms with Crippen molar-refractivity contribution in [1.29, 1.82) is 0 Å². The number of benzene rings is 2. The van der Waals surface area contributed by atoms with Crippen LogP contribution < -0.4 is 5.32 Å². The second-order valence-corrected chi connectivity index (χ2v) is 6.34. The molecule has 1 heterocycles. The zero-order valence-electron chi connectivity index (χ0n) is 14.5. The highest BCUT2D eigenvalue weighted by Crippen LogP contribution is 2.19. The number of carbonyl (C=O) groups is 2. The number of nitrogens with zero attached hydrogens (tertiary/aromatic N) is 2. The standard InChI is InChI=1S/C20H18ClN3O2/c1-13-19(21)14(2)24(23-13)12-18(25)22-17-10-6-9-16(11-17)20(26)15-7-4-3-5-8-15/h3-11H,12H2,1-2H3,(H,22,25). The van der Waals surface area contributed by atoms with Gasteiger partial charge >= 0.3 is 0 Å². The Kier molecular flexibility index (Phi) is 5.19. The molecule has 0 aliphatic heterocycles. The maximum atomic E-state index is 12.5. The fourth-order valence-electron chi connectivity index (χ4n) is 2.66. The Morgan fingerprint density at radius 1 is 1.04 bits per heavy atom. The van der Waals surface area contributed by atoms with Crippen molar-refractivity contribution in [2.45, 2.75) is 20.4 Å². The van der Waals surface area contributed by atoms with Gasteiger partial charge in [-0.05, 0) is 26.0 Å². The van der Waals surface area contributed by atoms with Crippen LogP contribution in [0, 0.1) is 13.8 Å². The number of aromatic nitrogens is 2. The summed E-state index contributed by atoms with van der Waals surface area (Å²) in [5.41, 5.74) is 3.11. The SMILES string of the molecule is Cc1nn(CC(=O)Nc2cccc(C(=O)c3ccccc3)c2)c(C)c1Cl. The first-order valence-corrected chi connectivity index (χ1v) is 8.52. The topological polar surface area (TPSA) is 64.0 Å². The van der Waals surface area contributed by atoms with E-state index in [0.717, 1.165) is 5.69 Å². The minimum atomic E-state index is -0.239. The molecule has 3 aromatic rings. The molecule has 5 nitrogen and oxygen atoms in total. The molecule has 0 aliphatic carbocycles. The minimum absolute atomic E-state index is 0.0518. The van der Waals surface area contributed by atoms with Gasteiger partial charge in [0.15, 0.2) is 5.78 Å². The van der Waals surface area contributed by atoms with Crippen LogP contribution in [0.4, 0.5) is 5.69 Å². The molecule has 0 atom stereocenters. The predicted molar refractivity (Wildman–Crippen MR) is 102 cm³/mol. The number of amides is 1. The molecule has 1 aromatic heterocycles. The van der Waals surface area contributed by atoms with Crippen molar-refractivity contribution >= 4 is 29.0 Å². The fourth-order valence-corrected chi connectivity index (χ4v) is 2.80. The molecule has 26 heavy (non-hydrogen) atoms. The quantitative estimate of drug-likeness (QED) is 0.692. The molecule has 2 aromatic carbocycles. The van der Waals surface area contributed by atoms with Gasteiger partial charge in [-0.3, -0.25) is 14.3 Å². The molecule has 1 amide bonds. The number of nitrogens with one attached hydrogen (secondary N) is 1. The van der Waals surface area contributed by atoms with Crippen LogP contribution in [0.5, 0.6) is 0 Å². The van der Waals surface area contributed by atoms with Crippen LogP contribution in [0.2, 0.25) is 5.02 Å². The summed E-state index contributed by atoms with van der Waals surface area (Å²) in [5.74, 6) is -0.330. The van der Waals surface area contributed by atoms with Crippen LogP contribution in [-0.2, 0) is 11.3 Å². The molecule has 0 fully saturated rings. The highest BCUT2D eigenvalue weighted by atomic mass is 35.5. The first kappa shape index (κ1) is 17.9. The summed E-state index contributed by atoms with van der Waals surface area (Å²) in [4.78, 5) is 24.8. The molecule has 132 valence electrons. The molecular formula is C20H18ClN3O2. The zero-order chi connectivity index (χ0) is 18.7. The first-order chi connectivity index (χ1) is 12.5. The highest BCUT2D eigenvalue weighted by molar-refractivity contribution is 6.31. The fraction of sp³-hybridized carbons (Fsp3) is 0.150. The van der Waals surface area contributed by atoms with E-state index in [1.165, 1.54) is 0 Å². The second kappa shape index (κ2) is 7.54. The molecule has 0 radical (unpaired) electrons. The molecule has 0 aliphatic rings. The Bertz CT molecular complexity index is 964. The molecule has 0 spiro atoms. The maximum Gasteiger partial charge on any atom is 0.246 e. The highest BCUT2D eigenvalue weighted by Gasteiger charge is 2.13. The van der Waals surface area contributed by atoms with Gasteiger partial charge in [-0.25, -0.2) is 0 Å². The van der Waals surface area contributed by atoms with Gasteiger partial charge in [0, 0.05) is 16.8 Å². The van der Waals surface area contributed by atoms with Crippen LogP contribution in [0.3, 0.4) is 0 Å². The van der Waals surface area contributed by atoms with E-state index in [2.05, 4.69) is 10.4 Å². The summed E-state index contributed by atoms with van der Waals surface area (Å²) in [5, 5.41) is 7.61. The summed E-state index contributed by atoms with van der Waals surface area (Å²) in [6.45, 7) is 3.66. The Morgan fingerprint density at radius 3 is 2.38 bits per heavy atom. The third-order valence-corrected chi connectivity index (χ3v) is 4.58. The van der Waals surface area contributed by atoms with E-state index < -0.39 is 0 Å². The average Bonchev–Trinajstić information content (AvgIpc) is 2.88. The number of carbonyl (C=O) groups excluding carboxylic acids is 2. The van der Waals surface area contributed by atoms with Gasteiger partial charge in [-0.1, -0.05) is 54.1 Å². The second-order valence-electron chi connectivity index (χ2n) is 5.97. The molecule has 1 N–H and O–H groups in total. The normalized spacial score (nSPS) is 10.6. The van der Waals surface area contributed by atoms with Gasteiger partial charge < -0.3 is 5.32 Å². The Balaban J connectivity index is 1.73. The maximum absolute atomic E-state index is 12.5. The summed E-state index contributed by atoms with van der Waals surface area (Å²) in [7, 11) is 0. The van der Waals surface area contributed by atoms with Crippen molar-refractivity contribution < 1.29 is 9.59 Å². The largest absolute Gasteiger partial charge is 0.324 e. The lowest BCUT2D eigenvalue weighted by Crippen LogP contribution is -2.20. The number of aryl methyl sites for hydroxylation is 1. The van der Waals surface area contributed by atoms with E-state index >= 15 is 0 Å². The van der Waals surface area contributed by atoms with E-state index in [1.807, 2.05) is 25.1 Å². The Morgan fingerprint density at radius 2 is 1.73 bits per heavy atom. The van der Waals surface area contributed by atoms with E-state index in [-0.39, 0.29) is 18.2 Å². The lowest BCUT2D eigenvalue weighted by atomic mass is 10.0. The van der Waals surface area contributed by atoms with Crippen molar-refractivity contribution in [3.63, 3.8) is 0 Å². The van der Waals surface area contributed by atoms with Gasteiger partial charge in [0.05, 0.1) is 16.4 Å². The van der Waals surface area contributed by atoms with Gasteiger partial charge in [0.2, 0.25) is 5.91 Å². The lowest BCUT2D eigenvalue weighted by Gasteiger charge is -2.08. The molecule has 0 saturated heterocycles. The monoisotopic (exact) mass is 367 g/mol. The first-order valence-electron chi connectivity index (χ1n) is 8.15. The molecule has 3 rings (SSSR count). The summed E-state index contributed by atoms with van der Waals surface area (Å²) in [6.07, 6.45) is 0. The Labute approximate surface area is 156 Å². The van der Waals surface area contributed by atoms with E-state index in [0.29, 0.717) is 27.5 Å². The van der Waals surface area contributed by atoms with Crippen molar-refractivity contribution in [3.8, 4) is 0 Å². The number of ketones is 1. The van der Waals surface area contributed by atoms with Crippen LogP contribution >= 0.6 is 11.6 Å². The predicted octanol–water partition coefficient (Wildman–Crippen LogP) is 4.02. The van der Waals surface area contributed by atoms with E-state index in [9.17, 15) is 9.59 Å².